The van der Waals surface area contributed by atoms with Crippen LogP contribution in [0.2, 0.25) is 0 Å². The van der Waals surface area contributed by atoms with Gasteiger partial charge in [0.05, 0.1) is 6.61 Å². The van der Waals surface area contributed by atoms with E-state index in [-0.39, 0.29) is 13.2 Å². The van der Waals surface area contributed by atoms with Gasteiger partial charge in [-0.1, -0.05) is 10.7 Å². The van der Waals surface area contributed by atoms with Crippen molar-refractivity contribution in [3.63, 3.8) is 0 Å². The van der Waals surface area contributed by atoms with Crippen LogP contribution in [-0.2, 0) is 38.5 Å². The van der Waals surface area contributed by atoms with E-state index in [1.807, 2.05) is 0 Å². The van der Waals surface area contributed by atoms with Gasteiger partial charge in [-0.2, -0.15) is 16.8 Å². The van der Waals surface area contributed by atoms with Gasteiger partial charge in [0.25, 0.3) is 0 Å². The monoisotopic (exact) mass is 303 g/mol. The third-order valence-electron chi connectivity index (χ3n) is 1.21. The van der Waals surface area contributed by atoms with Gasteiger partial charge in [0.1, 0.15) is 13.2 Å². The van der Waals surface area contributed by atoms with Crippen molar-refractivity contribution in [2.45, 2.75) is 6.92 Å². The minimum absolute atomic E-state index is 0.234. The number of rotatable bonds is 9. The number of hydrogen-bond acceptors (Lipinski definition) is 8. The molecular weight excluding hydrogens is 290 g/mol. The summed E-state index contributed by atoms with van der Waals surface area (Å²) in [5, 5.41) is 0. The summed E-state index contributed by atoms with van der Waals surface area (Å²) < 4.78 is 58.0. The van der Waals surface area contributed by atoms with Crippen molar-refractivity contribution >= 4 is 26.6 Å². The number of ether oxygens (including phenoxy) is 1. The lowest BCUT2D eigenvalue weighted by molar-refractivity contribution is -0.138. The molecule has 11 heteroatoms. The van der Waals surface area contributed by atoms with Gasteiger partial charge in [0.15, 0.2) is 0 Å². The van der Waals surface area contributed by atoms with Crippen molar-refractivity contribution in [2.24, 2.45) is 0 Å². The Morgan fingerprint density at radius 1 is 1.17 bits per heavy atom. The Balaban J connectivity index is 4.17. The quantitative estimate of drug-likeness (QED) is 0.321. The number of hydrogen-bond donors (Lipinski definition) is 1. The van der Waals surface area contributed by atoms with E-state index < -0.39 is 33.2 Å². The lowest BCUT2D eigenvalue weighted by Crippen LogP contribution is -2.34. The summed E-state index contributed by atoms with van der Waals surface area (Å²) >= 11 is 0. The zero-order valence-corrected chi connectivity index (χ0v) is 11.1. The lowest BCUT2D eigenvalue weighted by atomic mass is 10.6. The van der Waals surface area contributed by atoms with E-state index in [9.17, 15) is 21.6 Å². The fourth-order valence-electron chi connectivity index (χ4n) is 0.673. The third kappa shape index (κ3) is 8.14. The van der Waals surface area contributed by atoms with Crippen molar-refractivity contribution in [3.8, 4) is 0 Å². The van der Waals surface area contributed by atoms with Gasteiger partial charge < -0.3 is 4.74 Å². The maximum absolute atomic E-state index is 11.1. The molecule has 0 rings (SSSR count). The largest absolute Gasteiger partial charge is 0.460 e. The van der Waals surface area contributed by atoms with Crippen LogP contribution in [-0.4, -0.2) is 42.6 Å². The molecule has 0 radical (unpaired) electrons. The molecule has 0 saturated heterocycles. The summed E-state index contributed by atoms with van der Waals surface area (Å²) in [7, 11) is -8.98. The van der Waals surface area contributed by atoms with Crippen LogP contribution in [0.5, 0.6) is 0 Å². The summed E-state index contributed by atoms with van der Waals surface area (Å²) in [6.07, 6.45) is 0.881. The molecule has 0 aromatic carbocycles. The average molecular weight is 303 g/mol. The Morgan fingerprint density at radius 2 is 1.72 bits per heavy atom. The molecule has 0 spiro atoms. The van der Waals surface area contributed by atoms with Crippen LogP contribution in [0.4, 0.5) is 0 Å². The fourth-order valence-corrected chi connectivity index (χ4v) is 2.66. The molecule has 0 aromatic rings. The Hall–Kier alpha value is -1.01. The van der Waals surface area contributed by atoms with Crippen LogP contribution in [0.25, 0.3) is 0 Å². The molecule has 0 aliphatic carbocycles. The summed E-state index contributed by atoms with van der Waals surface area (Å²) in [4.78, 5) is 10.6. The Labute approximate surface area is 105 Å². The van der Waals surface area contributed by atoms with Crippen LogP contribution < -0.4 is 4.13 Å². The van der Waals surface area contributed by atoms with Gasteiger partial charge in [0, 0.05) is 6.08 Å². The second kappa shape index (κ2) is 7.43. The third-order valence-corrected chi connectivity index (χ3v) is 3.87. The summed E-state index contributed by atoms with van der Waals surface area (Å²) in [5.41, 5.74) is 0. The zero-order valence-electron chi connectivity index (χ0n) is 9.49. The molecule has 0 saturated carbocycles. The van der Waals surface area contributed by atoms with E-state index in [2.05, 4.69) is 19.7 Å². The molecule has 0 aliphatic heterocycles. The van der Waals surface area contributed by atoms with Gasteiger partial charge in [-0.05, 0) is 6.92 Å². The van der Waals surface area contributed by atoms with E-state index in [1.165, 1.54) is 11.1 Å². The minimum Gasteiger partial charge on any atom is -0.460 e. The average Bonchev–Trinajstić information content (AvgIpc) is 2.22. The van der Waals surface area contributed by atoms with E-state index in [0.717, 1.165) is 6.08 Å². The second-order valence-corrected chi connectivity index (χ2v) is 5.55. The molecule has 0 unspecified atom stereocenters. The van der Waals surface area contributed by atoms with E-state index in [4.69, 9.17) is 0 Å². The SMILES string of the molecule is C=CC(=O)OCCOS(=O)(=O)NS(=O)(=O)OCC. The van der Waals surface area contributed by atoms with Gasteiger partial charge in [0.2, 0.25) is 0 Å². The second-order valence-electron chi connectivity index (χ2n) is 2.59. The van der Waals surface area contributed by atoms with Crippen molar-refractivity contribution in [1.29, 1.82) is 0 Å². The predicted molar refractivity (Wildman–Crippen MR) is 59.7 cm³/mol. The predicted octanol–water partition coefficient (Wildman–Crippen LogP) is -1.15. The summed E-state index contributed by atoms with van der Waals surface area (Å²) in [6, 6.07) is 0. The van der Waals surface area contributed by atoms with Crippen LogP contribution in [0.3, 0.4) is 0 Å². The summed E-state index contributed by atoms with van der Waals surface area (Å²) in [6.45, 7) is 3.32. The highest BCUT2D eigenvalue weighted by molar-refractivity contribution is 8.00. The first kappa shape index (κ1) is 17.0. The molecule has 18 heavy (non-hydrogen) atoms. The Kier molecular flexibility index (Phi) is 7.01. The molecule has 0 bridgehead atoms. The van der Waals surface area contributed by atoms with E-state index in [0.29, 0.717) is 0 Å². The molecule has 0 heterocycles. The Morgan fingerprint density at radius 3 is 2.22 bits per heavy atom. The molecule has 0 aromatic heterocycles. The van der Waals surface area contributed by atoms with Gasteiger partial charge in [-0.15, -0.1) is 0 Å². The first-order chi connectivity index (χ1) is 8.22. The highest BCUT2D eigenvalue weighted by Crippen LogP contribution is 1.95. The summed E-state index contributed by atoms with van der Waals surface area (Å²) in [5.74, 6) is -0.758. The smallest absolute Gasteiger partial charge is 0.351 e. The van der Waals surface area contributed by atoms with Crippen LogP contribution in [0.15, 0.2) is 12.7 Å². The van der Waals surface area contributed by atoms with Crippen molar-refractivity contribution in [3.05, 3.63) is 12.7 Å². The molecule has 0 atom stereocenters. The van der Waals surface area contributed by atoms with E-state index in [1.54, 1.807) is 0 Å². The molecule has 9 nitrogen and oxygen atoms in total. The first-order valence-electron chi connectivity index (χ1n) is 4.59. The highest BCUT2D eigenvalue weighted by atomic mass is 32.3. The maximum Gasteiger partial charge on any atom is 0.351 e. The number of carbonyl (C=O) groups is 1. The standard InChI is InChI=1S/C7H13NO8S2/c1-3-7(9)14-5-6-16-18(12,13)8-17(10,11)15-4-2/h3,8H,1,4-6H2,2H3. The first-order valence-corrected chi connectivity index (χ1v) is 7.40. The number of esters is 1. The topological polar surface area (TPSA) is 125 Å². The van der Waals surface area contributed by atoms with Gasteiger partial charge >= 0.3 is 26.6 Å². The van der Waals surface area contributed by atoms with Gasteiger partial charge in [-0.3, -0.25) is 8.37 Å². The number of carbonyl (C=O) groups excluding carboxylic acids is 1. The fraction of sp³-hybridized carbons (Fsp3) is 0.571. The van der Waals surface area contributed by atoms with Crippen molar-refractivity contribution < 1.29 is 34.7 Å². The highest BCUT2D eigenvalue weighted by Gasteiger charge is 2.21. The lowest BCUT2D eigenvalue weighted by Gasteiger charge is -2.07. The molecular formula is C7H13NO8S2. The molecule has 106 valence electrons. The van der Waals surface area contributed by atoms with Crippen LogP contribution in [0.1, 0.15) is 6.92 Å². The molecule has 0 amide bonds. The van der Waals surface area contributed by atoms with Crippen molar-refractivity contribution in [1.82, 2.24) is 4.13 Å². The molecule has 1 N–H and O–H groups in total. The van der Waals surface area contributed by atoms with Crippen LogP contribution >= 0.6 is 0 Å². The zero-order chi connectivity index (χ0) is 14.2. The molecule has 0 fully saturated rings. The Bertz CT molecular complexity index is 480. The van der Waals surface area contributed by atoms with Gasteiger partial charge in [-0.25, -0.2) is 4.79 Å². The number of nitrogens with one attached hydrogen (secondary N) is 1. The van der Waals surface area contributed by atoms with Crippen LogP contribution in [0, 0.1) is 0 Å². The normalized spacial score (nSPS) is 12.1. The minimum atomic E-state index is -4.55. The molecule has 0 aliphatic rings. The van der Waals surface area contributed by atoms with E-state index >= 15 is 0 Å². The van der Waals surface area contributed by atoms with Crippen molar-refractivity contribution in [2.75, 3.05) is 19.8 Å². The maximum atomic E-state index is 11.1.